The van der Waals surface area contributed by atoms with E-state index in [2.05, 4.69) is 19.2 Å². The summed E-state index contributed by atoms with van der Waals surface area (Å²) >= 11 is 0. The Hall–Kier alpha value is -1.35. The highest BCUT2D eigenvalue weighted by atomic mass is 16.3. The van der Waals surface area contributed by atoms with E-state index in [0.29, 0.717) is 5.92 Å². The van der Waals surface area contributed by atoms with Crippen LogP contribution in [0.3, 0.4) is 0 Å². The fourth-order valence-corrected chi connectivity index (χ4v) is 3.06. The number of carbonyl (C=O) groups is 1. The van der Waals surface area contributed by atoms with Gasteiger partial charge in [0.25, 0.3) is 5.91 Å². The fraction of sp³-hybridized carbons (Fsp3) is 0.562. The summed E-state index contributed by atoms with van der Waals surface area (Å²) in [5, 5.41) is 13.3. The number of rotatable bonds is 2. The quantitative estimate of drug-likeness (QED) is 0.857. The van der Waals surface area contributed by atoms with Gasteiger partial charge in [0.2, 0.25) is 0 Å². The van der Waals surface area contributed by atoms with Crippen LogP contribution in [0.15, 0.2) is 18.2 Å². The number of hydrogen-bond donors (Lipinski definition) is 2. The molecule has 2 atom stereocenters. The largest absolute Gasteiger partial charge is 0.388 e. The maximum atomic E-state index is 12.0. The summed E-state index contributed by atoms with van der Waals surface area (Å²) in [6.45, 7) is 5.09. The molecule has 0 saturated heterocycles. The Morgan fingerprint density at radius 2 is 2.16 bits per heavy atom. The Morgan fingerprint density at radius 3 is 2.84 bits per heavy atom. The minimum Gasteiger partial charge on any atom is -0.388 e. The van der Waals surface area contributed by atoms with Crippen molar-refractivity contribution < 1.29 is 9.90 Å². The van der Waals surface area contributed by atoms with Crippen LogP contribution in [-0.4, -0.2) is 17.6 Å². The molecule has 102 valence electrons. The molecular formula is C16H21NO2. The maximum absolute atomic E-state index is 12.0. The van der Waals surface area contributed by atoms with E-state index in [1.807, 2.05) is 18.2 Å². The predicted molar refractivity (Wildman–Crippen MR) is 73.9 cm³/mol. The van der Waals surface area contributed by atoms with Crippen LogP contribution in [0.2, 0.25) is 0 Å². The van der Waals surface area contributed by atoms with Crippen LogP contribution in [0.5, 0.6) is 0 Å². The molecule has 1 saturated carbocycles. The minimum absolute atomic E-state index is 0.00314. The van der Waals surface area contributed by atoms with Crippen LogP contribution in [0, 0.1) is 11.3 Å². The Bertz CT molecular complexity index is 521. The lowest BCUT2D eigenvalue weighted by Crippen LogP contribution is -2.22. The first-order chi connectivity index (χ1) is 8.99. The molecule has 2 aliphatic rings. The van der Waals surface area contributed by atoms with Crippen molar-refractivity contribution in [3.05, 3.63) is 34.9 Å². The average molecular weight is 259 g/mol. The van der Waals surface area contributed by atoms with Gasteiger partial charge in [0.15, 0.2) is 0 Å². The number of amides is 1. The summed E-state index contributed by atoms with van der Waals surface area (Å²) in [6, 6.07) is 5.87. The SMILES string of the molecule is CC1(C)CC1C(O)c1ccc2c(c1)C(=O)NCCC2. The van der Waals surface area contributed by atoms with Gasteiger partial charge in [-0.25, -0.2) is 0 Å². The average Bonchev–Trinajstić information content (AvgIpc) is 3.06. The van der Waals surface area contributed by atoms with Crippen molar-refractivity contribution in [1.82, 2.24) is 5.32 Å². The number of carbonyl (C=O) groups excluding carboxylic acids is 1. The van der Waals surface area contributed by atoms with Gasteiger partial charge < -0.3 is 10.4 Å². The zero-order chi connectivity index (χ0) is 13.6. The summed E-state index contributed by atoms with van der Waals surface area (Å²) in [7, 11) is 0. The fourth-order valence-electron chi connectivity index (χ4n) is 3.06. The van der Waals surface area contributed by atoms with Crippen LogP contribution in [0.1, 0.15) is 54.3 Å². The summed E-state index contributed by atoms with van der Waals surface area (Å²) < 4.78 is 0. The van der Waals surface area contributed by atoms with E-state index < -0.39 is 6.10 Å². The van der Waals surface area contributed by atoms with Crippen LogP contribution in [-0.2, 0) is 6.42 Å². The van der Waals surface area contributed by atoms with Crippen molar-refractivity contribution in [2.24, 2.45) is 11.3 Å². The Balaban J connectivity index is 1.90. The van der Waals surface area contributed by atoms with Gasteiger partial charge in [0.1, 0.15) is 0 Å². The van der Waals surface area contributed by atoms with Crippen LogP contribution >= 0.6 is 0 Å². The smallest absolute Gasteiger partial charge is 0.251 e. The van der Waals surface area contributed by atoms with Gasteiger partial charge in [-0.2, -0.15) is 0 Å². The Labute approximate surface area is 114 Å². The molecule has 1 aliphatic carbocycles. The molecule has 2 unspecified atom stereocenters. The molecule has 1 aromatic rings. The van der Waals surface area contributed by atoms with Gasteiger partial charge in [0.05, 0.1) is 6.10 Å². The van der Waals surface area contributed by atoms with E-state index in [0.717, 1.165) is 42.5 Å². The molecule has 1 fully saturated rings. The number of aliphatic hydroxyl groups excluding tert-OH is 1. The first-order valence-electron chi connectivity index (χ1n) is 7.08. The summed E-state index contributed by atoms with van der Waals surface area (Å²) in [5.41, 5.74) is 2.95. The highest BCUT2D eigenvalue weighted by molar-refractivity contribution is 5.96. The minimum atomic E-state index is -0.448. The molecule has 1 aliphatic heterocycles. The highest BCUT2D eigenvalue weighted by Gasteiger charge is 2.50. The molecule has 0 aromatic heterocycles. The molecule has 3 rings (SSSR count). The summed E-state index contributed by atoms with van der Waals surface area (Å²) in [6.07, 6.45) is 2.52. The number of hydrogen-bond acceptors (Lipinski definition) is 2. The third-order valence-electron chi connectivity index (χ3n) is 4.60. The molecule has 3 nitrogen and oxygen atoms in total. The standard InChI is InChI=1S/C16H21NO2/c1-16(2)9-13(16)14(18)11-6-5-10-4-3-7-17-15(19)12(10)8-11/h5-6,8,13-14,18H,3-4,7,9H2,1-2H3,(H,17,19). The van der Waals surface area contributed by atoms with E-state index in [-0.39, 0.29) is 11.3 Å². The molecule has 3 heteroatoms. The topological polar surface area (TPSA) is 49.3 Å². The van der Waals surface area contributed by atoms with Gasteiger partial charge >= 0.3 is 0 Å². The summed E-state index contributed by atoms with van der Waals surface area (Å²) in [4.78, 5) is 12.0. The second kappa shape index (κ2) is 4.34. The normalized spacial score (nSPS) is 26.1. The van der Waals surface area contributed by atoms with E-state index in [9.17, 15) is 9.90 Å². The van der Waals surface area contributed by atoms with Gasteiger partial charge in [-0.1, -0.05) is 26.0 Å². The van der Waals surface area contributed by atoms with E-state index >= 15 is 0 Å². The molecule has 0 radical (unpaired) electrons. The third-order valence-corrected chi connectivity index (χ3v) is 4.60. The molecular weight excluding hydrogens is 238 g/mol. The van der Waals surface area contributed by atoms with E-state index in [1.165, 1.54) is 0 Å². The number of aryl methyl sites for hydroxylation is 1. The highest BCUT2D eigenvalue weighted by Crippen LogP contribution is 2.57. The zero-order valence-electron chi connectivity index (χ0n) is 11.6. The van der Waals surface area contributed by atoms with Crippen molar-refractivity contribution in [3.63, 3.8) is 0 Å². The monoisotopic (exact) mass is 259 g/mol. The van der Waals surface area contributed by atoms with Crippen molar-refractivity contribution >= 4 is 5.91 Å². The lowest BCUT2D eigenvalue weighted by Gasteiger charge is -2.15. The molecule has 1 aromatic carbocycles. The Morgan fingerprint density at radius 1 is 1.42 bits per heavy atom. The Kier molecular flexibility index (Phi) is 2.90. The number of benzene rings is 1. The maximum Gasteiger partial charge on any atom is 0.251 e. The van der Waals surface area contributed by atoms with Gasteiger partial charge in [-0.05, 0) is 47.8 Å². The summed E-state index contributed by atoms with van der Waals surface area (Å²) in [5.74, 6) is 0.316. The van der Waals surface area contributed by atoms with Gasteiger partial charge in [0, 0.05) is 12.1 Å². The van der Waals surface area contributed by atoms with Crippen molar-refractivity contribution in [2.45, 2.75) is 39.2 Å². The van der Waals surface area contributed by atoms with Crippen LogP contribution in [0.4, 0.5) is 0 Å². The number of aliphatic hydroxyl groups is 1. The van der Waals surface area contributed by atoms with Crippen molar-refractivity contribution in [3.8, 4) is 0 Å². The molecule has 2 N–H and O–H groups in total. The second-order valence-electron chi connectivity index (χ2n) is 6.52. The lowest BCUT2D eigenvalue weighted by atomic mass is 9.94. The van der Waals surface area contributed by atoms with Gasteiger partial charge in [-0.3, -0.25) is 4.79 Å². The second-order valence-corrected chi connectivity index (χ2v) is 6.52. The molecule has 0 bridgehead atoms. The number of fused-ring (bicyclic) bond motifs is 1. The molecule has 1 amide bonds. The number of nitrogens with one attached hydrogen (secondary N) is 1. The first kappa shape index (κ1) is 12.7. The predicted octanol–water partition coefficient (Wildman–Crippen LogP) is 2.44. The van der Waals surface area contributed by atoms with Crippen molar-refractivity contribution in [2.75, 3.05) is 6.54 Å². The lowest BCUT2D eigenvalue weighted by molar-refractivity contribution is 0.0955. The molecule has 19 heavy (non-hydrogen) atoms. The van der Waals surface area contributed by atoms with Crippen molar-refractivity contribution in [1.29, 1.82) is 0 Å². The van der Waals surface area contributed by atoms with Crippen LogP contribution in [0.25, 0.3) is 0 Å². The molecule has 0 spiro atoms. The first-order valence-corrected chi connectivity index (χ1v) is 7.08. The molecule has 1 heterocycles. The van der Waals surface area contributed by atoms with E-state index in [1.54, 1.807) is 0 Å². The van der Waals surface area contributed by atoms with E-state index in [4.69, 9.17) is 0 Å². The van der Waals surface area contributed by atoms with Crippen LogP contribution < -0.4 is 5.32 Å². The third kappa shape index (κ3) is 2.27. The van der Waals surface area contributed by atoms with Gasteiger partial charge in [-0.15, -0.1) is 0 Å². The zero-order valence-corrected chi connectivity index (χ0v) is 11.6.